The number of carbonyl (C=O) groups is 2. The van der Waals surface area contributed by atoms with E-state index in [0.717, 1.165) is 17.5 Å². The molecule has 0 N–H and O–H groups in total. The zero-order valence-electron chi connectivity index (χ0n) is 15.0. The first kappa shape index (κ1) is 18.7. The first-order valence-electron chi connectivity index (χ1n) is 8.63. The van der Waals surface area contributed by atoms with Gasteiger partial charge in [-0.1, -0.05) is 51.5 Å². The number of hydrogen-bond donors (Lipinski definition) is 0. The summed E-state index contributed by atoms with van der Waals surface area (Å²) in [6.45, 7) is 5.85. The zero-order valence-corrected chi connectivity index (χ0v) is 15.0. The van der Waals surface area contributed by atoms with Crippen molar-refractivity contribution in [3.63, 3.8) is 0 Å². The Kier molecular flexibility index (Phi) is 6.75. The quantitative estimate of drug-likeness (QED) is 0.525. The Morgan fingerprint density at radius 2 is 1.24 bits per heavy atom. The normalized spacial score (nSPS) is 11.6. The molecule has 0 bridgehead atoms. The van der Waals surface area contributed by atoms with Crippen LogP contribution in [0, 0.1) is 5.92 Å². The molecule has 0 fully saturated rings. The van der Waals surface area contributed by atoms with Gasteiger partial charge in [0, 0.05) is 12.8 Å². The zero-order chi connectivity index (χ0) is 18.2. The molecule has 132 valence electrons. The third kappa shape index (κ3) is 5.75. The molecular formula is C21H24O4. The maximum atomic E-state index is 11.8. The van der Waals surface area contributed by atoms with E-state index in [4.69, 9.17) is 9.47 Å². The average Bonchev–Trinajstić information content (AvgIpc) is 2.62. The van der Waals surface area contributed by atoms with E-state index in [1.807, 2.05) is 31.2 Å². The van der Waals surface area contributed by atoms with E-state index in [0.29, 0.717) is 30.3 Å². The topological polar surface area (TPSA) is 52.6 Å². The van der Waals surface area contributed by atoms with E-state index in [1.54, 1.807) is 31.2 Å². The Labute approximate surface area is 148 Å². The molecule has 25 heavy (non-hydrogen) atoms. The van der Waals surface area contributed by atoms with Gasteiger partial charge < -0.3 is 9.47 Å². The molecule has 2 aromatic rings. The monoisotopic (exact) mass is 340 g/mol. The molecule has 4 nitrogen and oxygen atoms in total. The molecule has 0 saturated carbocycles. The van der Waals surface area contributed by atoms with Gasteiger partial charge in [-0.2, -0.15) is 0 Å². The largest absolute Gasteiger partial charge is 0.427 e. The van der Waals surface area contributed by atoms with Crippen LogP contribution in [0.3, 0.4) is 0 Å². The fourth-order valence-corrected chi connectivity index (χ4v) is 2.24. The first-order chi connectivity index (χ1) is 12.0. The van der Waals surface area contributed by atoms with Crippen molar-refractivity contribution in [1.82, 2.24) is 0 Å². The lowest BCUT2D eigenvalue weighted by atomic mass is 10.1. The number of carbonyl (C=O) groups excluding carboxylic acids is 2. The summed E-state index contributed by atoms with van der Waals surface area (Å²) < 4.78 is 10.5. The van der Waals surface area contributed by atoms with Crippen LogP contribution in [-0.4, -0.2) is 11.9 Å². The van der Waals surface area contributed by atoms with Crippen LogP contribution >= 0.6 is 0 Å². The van der Waals surface area contributed by atoms with E-state index < -0.39 is 0 Å². The predicted octanol–water partition coefficient (Wildman–Crippen LogP) is 5.01. The highest BCUT2D eigenvalue weighted by Gasteiger charge is 2.10. The van der Waals surface area contributed by atoms with Crippen LogP contribution in [0.15, 0.2) is 48.5 Å². The Balaban J connectivity index is 1.99. The smallest absolute Gasteiger partial charge is 0.311 e. The van der Waals surface area contributed by atoms with Crippen LogP contribution in [0.2, 0.25) is 0 Å². The molecular weight excluding hydrogens is 316 g/mol. The van der Waals surface area contributed by atoms with Crippen molar-refractivity contribution in [3.05, 3.63) is 48.5 Å². The van der Waals surface area contributed by atoms with Gasteiger partial charge in [-0.05, 0) is 41.3 Å². The second-order valence-electron chi connectivity index (χ2n) is 6.07. The minimum atomic E-state index is -0.253. The highest BCUT2D eigenvalue weighted by molar-refractivity contribution is 5.74. The van der Waals surface area contributed by atoms with E-state index in [9.17, 15) is 9.59 Å². The van der Waals surface area contributed by atoms with Gasteiger partial charge in [0.25, 0.3) is 0 Å². The van der Waals surface area contributed by atoms with E-state index in [1.165, 1.54) is 0 Å². The maximum Gasteiger partial charge on any atom is 0.311 e. The van der Waals surface area contributed by atoms with Gasteiger partial charge >= 0.3 is 11.9 Å². The third-order valence-electron chi connectivity index (χ3n) is 4.01. The molecule has 0 heterocycles. The molecule has 0 radical (unpaired) electrons. The van der Waals surface area contributed by atoms with Crippen LogP contribution in [-0.2, 0) is 9.59 Å². The Morgan fingerprint density at radius 3 is 1.64 bits per heavy atom. The lowest BCUT2D eigenvalue weighted by Gasteiger charge is -2.09. The van der Waals surface area contributed by atoms with Crippen molar-refractivity contribution >= 4 is 11.9 Å². The minimum absolute atomic E-state index is 0.204. The summed E-state index contributed by atoms with van der Waals surface area (Å²) in [5.41, 5.74) is 1.99. The van der Waals surface area contributed by atoms with Crippen molar-refractivity contribution < 1.29 is 19.1 Å². The van der Waals surface area contributed by atoms with Gasteiger partial charge in [0.1, 0.15) is 11.5 Å². The third-order valence-corrected chi connectivity index (χ3v) is 4.01. The Bertz CT molecular complexity index is 702. The van der Waals surface area contributed by atoms with Gasteiger partial charge in [-0.3, -0.25) is 9.59 Å². The molecule has 2 rings (SSSR count). The van der Waals surface area contributed by atoms with Crippen LogP contribution in [0.5, 0.6) is 11.5 Å². The van der Waals surface area contributed by atoms with Gasteiger partial charge in [0.15, 0.2) is 0 Å². The highest BCUT2D eigenvalue weighted by Crippen LogP contribution is 2.25. The standard InChI is InChI=1S/C21H24O4/c1-4-15(3)14-21(23)25-19-12-8-17(9-13-19)16-6-10-18(11-7-16)24-20(22)5-2/h6-13,15H,4-5,14H2,1-3H3. The van der Waals surface area contributed by atoms with E-state index in [-0.39, 0.29) is 11.9 Å². The van der Waals surface area contributed by atoms with E-state index >= 15 is 0 Å². The summed E-state index contributed by atoms with van der Waals surface area (Å²) in [7, 11) is 0. The number of rotatable bonds is 7. The Morgan fingerprint density at radius 1 is 0.800 bits per heavy atom. The van der Waals surface area contributed by atoms with Crippen LogP contribution in [0.25, 0.3) is 11.1 Å². The fraction of sp³-hybridized carbons (Fsp3) is 0.333. The Hall–Kier alpha value is -2.62. The summed E-state index contributed by atoms with van der Waals surface area (Å²) in [4.78, 5) is 23.1. The molecule has 1 atom stereocenters. The average molecular weight is 340 g/mol. The number of ether oxygens (including phenoxy) is 2. The molecule has 0 amide bonds. The lowest BCUT2D eigenvalue weighted by molar-refractivity contribution is -0.135. The predicted molar refractivity (Wildman–Crippen MR) is 97.5 cm³/mol. The summed E-state index contributed by atoms with van der Waals surface area (Å²) in [5.74, 6) is 0.948. The fourth-order valence-electron chi connectivity index (χ4n) is 2.24. The van der Waals surface area contributed by atoms with Crippen LogP contribution < -0.4 is 9.47 Å². The second-order valence-corrected chi connectivity index (χ2v) is 6.07. The molecule has 0 aliphatic carbocycles. The number of benzene rings is 2. The van der Waals surface area contributed by atoms with Crippen molar-refractivity contribution in [1.29, 1.82) is 0 Å². The van der Waals surface area contributed by atoms with Crippen molar-refractivity contribution in [2.45, 2.75) is 40.0 Å². The molecule has 1 unspecified atom stereocenters. The van der Waals surface area contributed by atoms with Crippen LogP contribution in [0.4, 0.5) is 0 Å². The summed E-state index contributed by atoms with van der Waals surface area (Å²) >= 11 is 0. The minimum Gasteiger partial charge on any atom is -0.427 e. The maximum absolute atomic E-state index is 11.8. The van der Waals surface area contributed by atoms with Crippen molar-refractivity contribution in [2.24, 2.45) is 5.92 Å². The lowest BCUT2D eigenvalue weighted by Crippen LogP contribution is -2.11. The summed E-state index contributed by atoms with van der Waals surface area (Å²) in [5, 5.41) is 0. The molecule has 0 saturated heterocycles. The molecule has 0 aliphatic rings. The summed E-state index contributed by atoms with van der Waals surface area (Å²) in [6, 6.07) is 14.7. The number of esters is 2. The van der Waals surface area contributed by atoms with Gasteiger partial charge in [0.05, 0.1) is 0 Å². The molecule has 0 aliphatic heterocycles. The first-order valence-corrected chi connectivity index (χ1v) is 8.63. The van der Waals surface area contributed by atoms with Gasteiger partial charge in [-0.25, -0.2) is 0 Å². The number of hydrogen-bond acceptors (Lipinski definition) is 4. The molecule has 4 heteroatoms. The highest BCUT2D eigenvalue weighted by atomic mass is 16.5. The SMILES string of the molecule is CCC(=O)Oc1ccc(-c2ccc(OC(=O)CC(C)CC)cc2)cc1. The second kappa shape index (κ2) is 9.02. The van der Waals surface area contributed by atoms with Gasteiger partial charge in [0.2, 0.25) is 0 Å². The van der Waals surface area contributed by atoms with Crippen LogP contribution in [0.1, 0.15) is 40.0 Å². The molecule has 0 aromatic heterocycles. The molecule has 0 spiro atoms. The van der Waals surface area contributed by atoms with Crippen molar-refractivity contribution in [3.8, 4) is 22.6 Å². The van der Waals surface area contributed by atoms with E-state index in [2.05, 4.69) is 6.92 Å². The summed E-state index contributed by atoms with van der Waals surface area (Å²) in [6.07, 6.45) is 1.73. The van der Waals surface area contributed by atoms with Crippen molar-refractivity contribution in [2.75, 3.05) is 0 Å². The molecule has 2 aromatic carbocycles. The van der Waals surface area contributed by atoms with Gasteiger partial charge in [-0.15, -0.1) is 0 Å².